The molecule has 28 heavy (non-hydrogen) atoms. The average Bonchev–Trinajstić information content (AvgIpc) is 2.64. The van der Waals surface area contributed by atoms with Crippen molar-refractivity contribution in [3.05, 3.63) is 45.7 Å². The number of benzene rings is 1. The Labute approximate surface area is 169 Å². The molecule has 150 valence electrons. The summed E-state index contributed by atoms with van der Waals surface area (Å²) < 4.78 is 40.5. The van der Waals surface area contributed by atoms with Gasteiger partial charge in [-0.15, -0.1) is 0 Å². The molecule has 5 nitrogen and oxygen atoms in total. The Hall–Kier alpha value is -2.06. The van der Waals surface area contributed by atoms with Crippen LogP contribution in [0.25, 0.3) is 0 Å². The van der Waals surface area contributed by atoms with Crippen LogP contribution >= 0.6 is 23.2 Å². The Kier molecular flexibility index (Phi) is 6.30. The van der Waals surface area contributed by atoms with Gasteiger partial charge in [-0.2, -0.15) is 13.2 Å². The lowest BCUT2D eigenvalue weighted by atomic mass is 9.95. The van der Waals surface area contributed by atoms with E-state index in [-0.39, 0.29) is 17.0 Å². The Morgan fingerprint density at radius 1 is 1.14 bits per heavy atom. The van der Waals surface area contributed by atoms with E-state index in [9.17, 15) is 18.0 Å². The number of hydrogen-bond donors (Lipinski definition) is 2. The number of anilines is 2. The number of halogens is 5. The monoisotopic (exact) mass is 432 g/mol. The number of amides is 1. The number of carbonyl (C=O) groups is 1. The largest absolute Gasteiger partial charge is 0.434 e. The zero-order valence-corrected chi connectivity index (χ0v) is 16.1. The number of alkyl halides is 3. The molecule has 1 heterocycles. The standard InChI is InChI=1S/C18H17Cl2F3N4O/c19-10-6-7-14(13(20)8-10)26-17-24-9-12(15(27-17)18(21,22)23)16(28)25-11-4-2-1-3-5-11/h6-9,11H,1-5H2,(H,25,28)(H,24,26,27). The maximum Gasteiger partial charge on any atom is 0.434 e. The molecule has 1 saturated carbocycles. The van der Waals surface area contributed by atoms with E-state index in [1.165, 1.54) is 18.2 Å². The van der Waals surface area contributed by atoms with Crippen molar-refractivity contribution in [1.82, 2.24) is 15.3 Å². The van der Waals surface area contributed by atoms with E-state index < -0.39 is 23.3 Å². The van der Waals surface area contributed by atoms with Crippen molar-refractivity contribution in [3.8, 4) is 0 Å². The maximum absolute atomic E-state index is 13.5. The van der Waals surface area contributed by atoms with Gasteiger partial charge < -0.3 is 10.6 Å². The first-order valence-electron chi connectivity index (χ1n) is 8.71. The highest BCUT2D eigenvalue weighted by Gasteiger charge is 2.38. The lowest BCUT2D eigenvalue weighted by Crippen LogP contribution is -2.37. The summed E-state index contributed by atoms with van der Waals surface area (Å²) >= 11 is 11.8. The van der Waals surface area contributed by atoms with E-state index >= 15 is 0 Å². The van der Waals surface area contributed by atoms with Gasteiger partial charge in [-0.1, -0.05) is 42.5 Å². The summed E-state index contributed by atoms with van der Waals surface area (Å²) in [6, 6.07) is 4.31. The highest BCUT2D eigenvalue weighted by molar-refractivity contribution is 6.36. The van der Waals surface area contributed by atoms with Gasteiger partial charge in [0, 0.05) is 17.3 Å². The molecule has 2 aromatic rings. The fourth-order valence-electron chi connectivity index (χ4n) is 3.05. The fraction of sp³-hybridized carbons (Fsp3) is 0.389. The van der Waals surface area contributed by atoms with E-state index in [1.807, 2.05) is 0 Å². The third-order valence-corrected chi connectivity index (χ3v) is 4.97. The maximum atomic E-state index is 13.5. The van der Waals surface area contributed by atoms with Crippen molar-refractivity contribution in [2.24, 2.45) is 0 Å². The number of nitrogens with one attached hydrogen (secondary N) is 2. The summed E-state index contributed by atoms with van der Waals surface area (Å²) in [7, 11) is 0. The molecule has 0 aliphatic heterocycles. The quantitative estimate of drug-likeness (QED) is 0.658. The van der Waals surface area contributed by atoms with Gasteiger partial charge in [0.25, 0.3) is 5.91 Å². The smallest absolute Gasteiger partial charge is 0.349 e. The Balaban J connectivity index is 1.86. The van der Waals surface area contributed by atoms with Crippen LogP contribution in [0.2, 0.25) is 10.0 Å². The van der Waals surface area contributed by atoms with Crippen molar-refractivity contribution in [3.63, 3.8) is 0 Å². The van der Waals surface area contributed by atoms with E-state index in [0.29, 0.717) is 10.7 Å². The molecule has 3 rings (SSSR count). The van der Waals surface area contributed by atoms with Crippen LogP contribution < -0.4 is 10.6 Å². The summed E-state index contributed by atoms with van der Waals surface area (Å²) in [5.74, 6) is -1.15. The predicted molar refractivity (Wildman–Crippen MR) is 101 cm³/mol. The van der Waals surface area contributed by atoms with Gasteiger partial charge in [0.15, 0.2) is 5.69 Å². The minimum Gasteiger partial charge on any atom is -0.349 e. The molecule has 1 aliphatic rings. The highest BCUT2D eigenvalue weighted by Crippen LogP contribution is 2.32. The molecule has 10 heteroatoms. The molecule has 1 amide bonds. The summed E-state index contributed by atoms with van der Waals surface area (Å²) in [4.78, 5) is 19.8. The first-order valence-corrected chi connectivity index (χ1v) is 9.47. The van der Waals surface area contributed by atoms with Crippen molar-refractivity contribution in [2.75, 3.05) is 5.32 Å². The molecule has 1 fully saturated rings. The molecule has 0 spiro atoms. The lowest BCUT2D eigenvalue weighted by Gasteiger charge is -2.23. The van der Waals surface area contributed by atoms with Gasteiger partial charge in [-0.25, -0.2) is 9.97 Å². The van der Waals surface area contributed by atoms with E-state index in [4.69, 9.17) is 23.2 Å². The Bertz CT molecular complexity index is 870. The van der Waals surface area contributed by atoms with Crippen molar-refractivity contribution < 1.29 is 18.0 Å². The molecule has 2 N–H and O–H groups in total. The van der Waals surface area contributed by atoms with E-state index in [2.05, 4.69) is 20.6 Å². The van der Waals surface area contributed by atoms with Crippen LogP contribution in [0.5, 0.6) is 0 Å². The Morgan fingerprint density at radius 3 is 2.50 bits per heavy atom. The molecule has 0 atom stereocenters. The first kappa shape index (κ1) is 20.7. The SMILES string of the molecule is O=C(NC1CCCCC1)c1cnc(Nc2ccc(Cl)cc2Cl)nc1C(F)(F)F. The summed E-state index contributed by atoms with van der Waals surface area (Å²) in [6.07, 6.45) is 0.515. The van der Waals surface area contributed by atoms with E-state index in [0.717, 1.165) is 38.3 Å². The highest BCUT2D eigenvalue weighted by atomic mass is 35.5. The number of carbonyl (C=O) groups excluding carboxylic acids is 1. The van der Waals surface area contributed by atoms with Crippen molar-refractivity contribution >= 4 is 40.7 Å². The van der Waals surface area contributed by atoms with Crippen LogP contribution in [-0.4, -0.2) is 21.9 Å². The van der Waals surface area contributed by atoms with Gasteiger partial charge >= 0.3 is 6.18 Å². The molecule has 1 aliphatic carbocycles. The first-order chi connectivity index (χ1) is 13.2. The van der Waals surface area contributed by atoms with Crippen LogP contribution in [0.1, 0.15) is 48.2 Å². The van der Waals surface area contributed by atoms with Crippen LogP contribution in [0.15, 0.2) is 24.4 Å². The van der Waals surface area contributed by atoms with Gasteiger partial charge in [-0.05, 0) is 31.0 Å². The minimum absolute atomic E-state index is 0.131. The molecule has 1 aromatic heterocycles. The minimum atomic E-state index is -4.82. The fourth-order valence-corrected chi connectivity index (χ4v) is 3.50. The zero-order valence-electron chi connectivity index (χ0n) is 14.6. The van der Waals surface area contributed by atoms with Crippen LogP contribution in [0.3, 0.4) is 0 Å². The van der Waals surface area contributed by atoms with Gasteiger partial charge in [-0.3, -0.25) is 4.79 Å². The summed E-state index contributed by atoms with van der Waals surface area (Å²) in [6.45, 7) is 0. The van der Waals surface area contributed by atoms with Crippen LogP contribution in [0.4, 0.5) is 24.8 Å². The van der Waals surface area contributed by atoms with Gasteiger partial charge in [0.1, 0.15) is 0 Å². The average molecular weight is 433 g/mol. The molecule has 0 bridgehead atoms. The molecule has 1 aromatic carbocycles. The second-order valence-electron chi connectivity index (χ2n) is 6.51. The summed E-state index contributed by atoms with van der Waals surface area (Å²) in [5, 5.41) is 5.85. The molecule has 0 unspecified atom stereocenters. The topological polar surface area (TPSA) is 66.9 Å². The molecule has 0 radical (unpaired) electrons. The second kappa shape index (κ2) is 8.53. The normalized spacial score (nSPS) is 15.3. The molecular weight excluding hydrogens is 416 g/mol. The number of aromatic nitrogens is 2. The second-order valence-corrected chi connectivity index (χ2v) is 7.35. The lowest BCUT2D eigenvalue weighted by molar-refractivity contribution is -0.141. The molecule has 0 saturated heterocycles. The van der Waals surface area contributed by atoms with Crippen molar-refractivity contribution in [2.45, 2.75) is 44.3 Å². The number of hydrogen-bond acceptors (Lipinski definition) is 4. The third kappa shape index (κ3) is 5.05. The number of rotatable bonds is 4. The van der Waals surface area contributed by atoms with Gasteiger partial charge in [0.05, 0.1) is 16.3 Å². The number of nitrogens with zero attached hydrogens (tertiary/aromatic N) is 2. The predicted octanol–water partition coefficient (Wildman–Crippen LogP) is 5.61. The molecular formula is C18H17Cl2F3N4O. The van der Waals surface area contributed by atoms with Crippen LogP contribution in [0, 0.1) is 0 Å². The van der Waals surface area contributed by atoms with Gasteiger partial charge in [0.2, 0.25) is 5.95 Å². The third-order valence-electron chi connectivity index (χ3n) is 4.42. The summed E-state index contributed by atoms with van der Waals surface area (Å²) in [5.41, 5.74) is -1.62. The van der Waals surface area contributed by atoms with E-state index in [1.54, 1.807) is 0 Å². The zero-order chi connectivity index (χ0) is 20.3. The van der Waals surface area contributed by atoms with Crippen molar-refractivity contribution in [1.29, 1.82) is 0 Å². The Morgan fingerprint density at radius 2 is 1.86 bits per heavy atom. The van der Waals surface area contributed by atoms with Crippen LogP contribution in [-0.2, 0) is 6.18 Å².